The molecule has 0 fully saturated rings. The van der Waals surface area contributed by atoms with E-state index in [0.29, 0.717) is 16.0 Å². The highest BCUT2D eigenvalue weighted by atomic mass is 32.1. The molecule has 23 heavy (non-hydrogen) atoms. The third-order valence-electron chi connectivity index (χ3n) is 3.59. The van der Waals surface area contributed by atoms with E-state index in [1.807, 2.05) is 19.9 Å². The first-order valence-electron chi connectivity index (χ1n) is 7.22. The van der Waals surface area contributed by atoms with Gasteiger partial charge < -0.3 is 5.32 Å². The second-order valence-electron chi connectivity index (χ2n) is 5.22. The third kappa shape index (κ3) is 3.29. The van der Waals surface area contributed by atoms with Crippen molar-refractivity contribution in [1.82, 2.24) is 14.5 Å². The van der Waals surface area contributed by atoms with Crippen LogP contribution in [-0.2, 0) is 11.3 Å². The summed E-state index contributed by atoms with van der Waals surface area (Å²) < 4.78 is 1.46. The molecule has 0 aliphatic heterocycles. The number of aromatic nitrogens is 3. The summed E-state index contributed by atoms with van der Waals surface area (Å²) in [7, 11) is 0. The average Bonchev–Trinajstić information content (AvgIpc) is 2.84. The first-order valence-corrected chi connectivity index (χ1v) is 8.04. The summed E-state index contributed by atoms with van der Waals surface area (Å²) in [4.78, 5) is 33.9. The molecule has 1 aromatic carbocycles. The highest BCUT2D eigenvalue weighted by Gasteiger charge is 2.09. The van der Waals surface area contributed by atoms with Gasteiger partial charge in [0, 0.05) is 17.8 Å². The molecule has 2 aromatic heterocycles. The predicted molar refractivity (Wildman–Crippen MR) is 90.8 cm³/mol. The average molecular weight is 328 g/mol. The lowest BCUT2D eigenvalue weighted by Crippen LogP contribution is -2.23. The summed E-state index contributed by atoms with van der Waals surface area (Å²) in [6.07, 6.45) is 1.67. The van der Waals surface area contributed by atoms with Gasteiger partial charge in [-0.05, 0) is 26.0 Å². The largest absolute Gasteiger partial charge is 0.302 e. The van der Waals surface area contributed by atoms with E-state index in [4.69, 9.17) is 0 Å². The quantitative estimate of drug-likeness (QED) is 0.798. The molecular formula is C16H16N4O2S. The normalized spacial score (nSPS) is 10.9. The molecule has 7 heteroatoms. The van der Waals surface area contributed by atoms with E-state index in [9.17, 15) is 9.59 Å². The van der Waals surface area contributed by atoms with Gasteiger partial charge in [-0.1, -0.05) is 12.1 Å². The van der Waals surface area contributed by atoms with Crippen LogP contribution >= 0.6 is 11.3 Å². The molecule has 0 spiro atoms. The number of hydrogen-bond acceptors (Lipinski definition) is 5. The molecular weight excluding hydrogens is 312 g/mol. The van der Waals surface area contributed by atoms with Crippen LogP contribution in [0.1, 0.15) is 17.0 Å². The van der Waals surface area contributed by atoms with Crippen molar-refractivity contribution in [2.24, 2.45) is 0 Å². The zero-order valence-electron chi connectivity index (χ0n) is 12.9. The number of rotatable bonds is 4. The zero-order valence-corrected chi connectivity index (χ0v) is 13.7. The molecule has 0 unspecified atom stereocenters. The number of carbonyl (C=O) groups is 1. The Hall–Kier alpha value is -2.54. The summed E-state index contributed by atoms with van der Waals surface area (Å²) in [6, 6.07) is 7.17. The van der Waals surface area contributed by atoms with E-state index in [1.165, 1.54) is 22.2 Å². The minimum atomic E-state index is -0.168. The fourth-order valence-electron chi connectivity index (χ4n) is 2.20. The fraction of sp³-hybridized carbons (Fsp3) is 0.250. The summed E-state index contributed by atoms with van der Waals surface area (Å²) in [5.41, 5.74) is 1.44. The van der Waals surface area contributed by atoms with Gasteiger partial charge in [-0.2, -0.15) is 0 Å². The minimum absolute atomic E-state index is 0.135. The number of hydrogen-bond donors (Lipinski definition) is 1. The molecule has 0 aliphatic rings. The van der Waals surface area contributed by atoms with Crippen molar-refractivity contribution in [3.63, 3.8) is 0 Å². The molecule has 1 amide bonds. The number of amides is 1. The number of nitrogens with zero attached hydrogens (tertiary/aromatic N) is 3. The van der Waals surface area contributed by atoms with E-state index < -0.39 is 0 Å². The first-order chi connectivity index (χ1) is 11.0. The molecule has 0 saturated heterocycles. The number of thiazole rings is 1. The number of aryl methyl sites for hydroxylation is 3. The van der Waals surface area contributed by atoms with Gasteiger partial charge in [-0.3, -0.25) is 14.2 Å². The lowest BCUT2D eigenvalue weighted by atomic mass is 10.2. The molecule has 3 rings (SSSR count). The summed E-state index contributed by atoms with van der Waals surface area (Å²) >= 11 is 1.45. The van der Waals surface area contributed by atoms with Gasteiger partial charge in [0.1, 0.15) is 0 Å². The van der Waals surface area contributed by atoms with Gasteiger partial charge in [0.25, 0.3) is 5.56 Å². The molecule has 6 nitrogen and oxygen atoms in total. The van der Waals surface area contributed by atoms with Crippen molar-refractivity contribution in [1.29, 1.82) is 0 Å². The van der Waals surface area contributed by atoms with Crippen LogP contribution in [0.3, 0.4) is 0 Å². The molecule has 1 N–H and O–H groups in total. The van der Waals surface area contributed by atoms with Gasteiger partial charge in [0.15, 0.2) is 5.13 Å². The monoisotopic (exact) mass is 328 g/mol. The number of carbonyl (C=O) groups excluding carboxylic acids is 1. The van der Waals surface area contributed by atoms with Gasteiger partial charge in [0.05, 0.1) is 22.9 Å². The topological polar surface area (TPSA) is 76.9 Å². The lowest BCUT2D eigenvalue weighted by molar-refractivity contribution is -0.116. The Labute approximate surface area is 136 Å². The Morgan fingerprint density at radius 3 is 2.83 bits per heavy atom. The van der Waals surface area contributed by atoms with Gasteiger partial charge >= 0.3 is 0 Å². The van der Waals surface area contributed by atoms with Crippen LogP contribution in [0.2, 0.25) is 0 Å². The van der Waals surface area contributed by atoms with Crippen molar-refractivity contribution in [2.45, 2.75) is 26.8 Å². The summed E-state index contributed by atoms with van der Waals surface area (Å²) in [5, 5.41) is 3.91. The Bertz CT molecular complexity index is 910. The molecule has 0 aliphatic carbocycles. The molecule has 2 heterocycles. The predicted octanol–water partition coefficient (Wildman–Crippen LogP) is 2.50. The molecule has 118 valence electrons. The van der Waals surface area contributed by atoms with Crippen LogP contribution in [0.5, 0.6) is 0 Å². The van der Waals surface area contributed by atoms with Crippen LogP contribution in [0.4, 0.5) is 5.13 Å². The van der Waals surface area contributed by atoms with Crippen molar-refractivity contribution in [3.05, 3.63) is 51.5 Å². The highest BCUT2D eigenvalue weighted by molar-refractivity contribution is 7.15. The molecule has 0 bridgehead atoms. The van der Waals surface area contributed by atoms with Crippen LogP contribution in [-0.4, -0.2) is 20.4 Å². The number of benzene rings is 1. The maximum atomic E-state index is 12.3. The maximum absolute atomic E-state index is 12.3. The van der Waals surface area contributed by atoms with Crippen LogP contribution in [0.25, 0.3) is 10.9 Å². The van der Waals surface area contributed by atoms with Crippen LogP contribution in [0, 0.1) is 13.8 Å². The lowest BCUT2D eigenvalue weighted by Gasteiger charge is -2.06. The zero-order chi connectivity index (χ0) is 16.4. The van der Waals surface area contributed by atoms with Gasteiger partial charge in [0.2, 0.25) is 5.91 Å². The SMILES string of the molecule is Cc1nc(NC(=O)CCn2cnc3ccccc3c2=O)sc1C. The molecule has 0 radical (unpaired) electrons. The number of nitrogens with one attached hydrogen (secondary N) is 1. The second kappa shape index (κ2) is 6.29. The Morgan fingerprint density at radius 1 is 1.30 bits per heavy atom. The van der Waals surface area contributed by atoms with Crippen LogP contribution in [0.15, 0.2) is 35.4 Å². The van der Waals surface area contributed by atoms with Crippen molar-refractivity contribution < 1.29 is 4.79 Å². The molecule has 3 aromatic rings. The Morgan fingerprint density at radius 2 is 2.09 bits per heavy atom. The standard InChI is InChI=1S/C16H16N4O2S/c1-10-11(2)23-16(18-10)19-14(21)7-8-20-9-17-13-6-4-3-5-12(13)15(20)22/h3-6,9H,7-8H2,1-2H3,(H,18,19,21). The van der Waals surface area contributed by atoms with E-state index in [1.54, 1.807) is 18.2 Å². The van der Waals surface area contributed by atoms with E-state index in [2.05, 4.69) is 15.3 Å². The van der Waals surface area contributed by atoms with Gasteiger partial charge in [-0.25, -0.2) is 9.97 Å². The number of fused-ring (bicyclic) bond motifs is 1. The molecule has 0 saturated carbocycles. The fourth-order valence-corrected chi connectivity index (χ4v) is 3.03. The Balaban J connectivity index is 1.69. The number of anilines is 1. The summed E-state index contributed by atoms with van der Waals surface area (Å²) in [5.74, 6) is -0.168. The Kier molecular flexibility index (Phi) is 4.20. The smallest absolute Gasteiger partial charge is 0.261 e. The number of para-hydroxylation sites is 1. The van der Waals surface area contributed by atoms with E-state index in [0.717, 1.165) is 10.6 Å². The first kappa shape index (κ1) is 15.4. The van der Waals surface area contributed by atoms with E-state index >= 15 is 0 Å². The molecule has 0 atom stereocenters. The van der Waals surface area contributed by atoms with Crippen molar-refractivity contribution in [2.75, 3.05) is 5.32 Å². The summed E-state index contributed by atoms with van der Waals surface area (Å²) in [6.45, 7) is 4.15. The minimum Gasteiger partial charge on any atom is -0.302 e. The van der Waals surface area contributed by atoms with Crippen molar-refractivity contribution in [3.8, 4) is 0 Å². The van der Waals surface area contributed by atoms with Gasteiger partial charge in [-0.15, -0.1) is 11.3 Å². The third-order valence-corrected chi connectivity index (χ3v) is 4.57. The maximum Gasteiger partial charge on any atom is 0.261 e. The highest BCUT2D eigenvalue weighted by Crippen LogP contribution is 2.21. The van der Waals surface area contributed by atoms with E-state index in [-0.39, 0.29) is 24.4 Å². The van der Waals surface area contributed by atoms with Crippen LogP contribution < -0.4 is 10.9 Å². The second-order valence-corrected chi connectivity index (χ2v) is 6.42. The van der Waals surface area contributed by atoms with Crippen molar-refractivity contribution >= 4 is 33.3 Å².